The average Bonchev–Trinajstić information content (AvgIpc) is 2.47. The minimum absolute atomic E-state index is 0.147. The number of aromatic nitrogens is 1. The van der Waals surface area contributed by atoms with E-state index in [1.807, 2.05) is 19.9 Å². The van der Waals surface area contributed by atoms with Crippen molar-refractivity contribution in [2.75, 3.05) is 7.11 Å². The smallest absolute Gasteiger partial charge is 0.253 e. The molecule has 0 saturated heterocycles. The molecule has 2 aromatic rings. The molecule has 0 spiro atoms. The van der Waals surface area contributed by atoms with Gasteiger partial charge in [0.05, 0.1) is 7.11 Å². The van der Waals surface area contributed by atoms with Gasteiger partial charge >= 0.3 is 0 Å². The number of H-pyrrole nitrogens is 1. The maximum absolute atomic E-state index is 12.4. The summed E-state index contributed by atoms with van der Waals surface area (Å²) in [6, 6.07) is 5.11. The highest BCUT2D eigenvalue weighted by molar-refractivity contribution is 6.31. The van der Waals surface area contributed by atoms with Gasteiger partial charge in [-0.25, -0.2) is 0 Å². The van der Waals surface area contributed by atoms with E-state index in [1.165, 1.54) is 7.11 Å². The van der Waals surface area contributed by atoms with Gasteiger partial charge in [0.2, 0.25) is 0 Å². The summed E-state index contributed by atoms with van der Waals surface area (Å²) in [6.07, 6.45) is 0. The SMILES string of the molecule is COc1cc(Cl)cc(C(=O)NCc2c(C)cc(C)[nH]c2=O)c1C. The van der Waals surface area contributed by atoms with Crippen LogP contribution in [0.15, 0.2) is 23.0 Å². The van der Waals surface area contributed by atoms with E-state index in [0.717, 1.165) is 11.3 Å². The summed E-state index contributed by atoms with van der Waals surface area (Å²) in [4.78, 5) is 27.1. The second kappa shape index (κ2) is 6.87. The molecule has 0 unspecified atom stereocenters. The molecular formula is C17H19ClN2O3. The molecule has 2 rings (SSSR count). The van der Waals surface area contributed by atoms with E-state index in [9.17, 15) is 9.59 Å². The number of halogens is 1. The predicted molar refractivity (Wildman–Crippen MR) is 90.4 cm³/mol. The van der Waals surface area contributed by atoms with Crippen molar-refractivity contribution in [1.82, 2.24) is 10.3 Å². The van der Waals surface area contributed by atoms with Gasteiger partial charge in [-0.05, 0) is 44.5 Å². The van der Waals surface area contributed by atoms with Crippen molar-refractivity contribution in [3.05, 3.63) is 61.5 Å². The highest BCUT2D eigenvalue weighted by Gasteiger charge is 2.15. The number of nitrogens with one attached hydrogen (secondary N) is 2. The fraction of sp³-hybridized carbons (Fsp3) is 0.294. The lowest BCUT2D eigenvalue weighted by Gasteiger charge is -2.12. The minimum Gasteiger partial charge on any atom is -0.496 e. The number of ether oxygens (including phenoxy) is 1. The maximum atomic E-state index is 12.4. The quantitative estimate of drug-likeness (QED) is 0.903. The van der Waals surface area contributed by atoms with E-state index in [1.54, 1.807) is 19.1 Å². The molecule has 0 atom stereocenters. The second-order valence-electron chi connectivity index (χ2n) is 5.41. The first kappa shape index (κ1) is 17.1. The third-order valence-electron chi connectivity index (χ3n) is 3.71. The Morgan fingerprint density at radius 1 is 1.26 bits per heavy atom. The number of benzene rings is 1. The second-order valence-corrected chi connectivity index (χ2v) is 5.84. The van der Waals surface area contributed by atoms with E-state index in [4.69, 9.17) is 16.3 Å². The number of aromatic amines is 1. The number of aryl methyl sites for hydroxylation is 2. The summed E-state index contributed by atoms with van der Waals surface area (Å²) in [6.45, 7) is 5.60. The van der Waals surface area contributed by atoms with Crippen molar-refractivity contribution < 1.29 is 9.53 Å². The van der Waals surface area contributed by atoms with Gasteiger partial charge in [-0.3, -0.25) is 9.59 Å². The fourth-order valence-corrected chi connectivity index (χ4v) is 2.68. The lowest BCUT2D eigenvalue weighted by atomic mass is 10.1. The first-order chi connectivity index (χ1) is 10.8. The number of rotatable bonds is 4. The Balaban J connectivity index is 2.24. The molecule has 1 amide bonds. The molecule has 1 aromatic heterocycles. The van der Waals surface area contributed by atoms with Crippen LogP contribution >= 0.6 is 11.6 Å². The number of carbonyl (C=O) groups is 1. The predicted octanol–water partition coefficient (Wildman–Crippen LogP) is 2.89. The fourth-order valence-electron chi connectivity index (χ4n) is 2.47. The lowest BCUT2D eigenvalue weighted by Crippen LogP contribution is -2.28. The van der Waals surface area contributed by atoms with Gasteiger partial charge in [0.15, 0.2) is 0 Å². The third-order valence-corrected chi connectivity index (χ3v) is 3.93. The summed E-state index contributed by atoms with van der Waals surface area (Å²) in [7, 11) is 1.52. The molecule has 6 heteroatoms. The summed E-state index contributed by atoms with van der Waals surface area (Å²) in [5, 5.41) is 3.18. The van der Waals surface area contributed by atoms with Crippen LogP contribution in [0, 0.1) is 20.8 Å². The number of methoxy groups -OCH3 is 1. The van der Waals surface area contributed by atoms with Crippen LogP contribution in [0.5, 0.6) is 5.75 Å². The van der Waals surface area contributed by atoms with Crippen molar-refractivity contribution in [3.8, 4) is 5.75 Å². The zero-order valence-corrected chi connectivity index (χ0v) is 14.3. The zero-order chi connectivity index (χ0) is 17.1. The third kappa shape index (κ3) is 3.74. The van der Waals surface area contributed by atoms with Crippen LogP contribution in [0.2, 0.25) is 5.02 Å². The van der Waals surface area contributed by atoms with Gasteiger partial charge in [-0.15, -0.1) is 0 Å². The highest BCUT2D eigenvalue weighted by atomic mass is 35.5. The molecule has 1 heterocycles. The molecule has 0 saturated carbocycles. The first-order valence-electron chi connectivity index (χ1n) is 7.15. The Labute approximate surface area is 139 Å². The summed E-state index contributed by atoms with van der Waals surface area (Å²) >= 11 is 6.01. The normalized spacial score (nSPS) is 10.5. The standard InChI is InChI=1S/C17H19ClN2O3/c1-9-5-10(2)20-17(22)14(9)8-19-16(21)13-6-12(18)7-15(23-4)11(13)3/h5-7H,8H2,1-4H3,(H,19,21)(H,20,22). The number of carbonyl (C=O) groups excluding carboxylic acids is 1. The van der Waals surface area contributed by atoms with Gasteiger partial charge in [-0.2, -0.15) is 0 Å². The number of amides is 1. The van der Waals surface area contributed by atoms with Crippen LogP contribution in [0.25, 0.3) is 0 Å². The Bertz CT molecular complexity index is 812. The van der Waals surface area contributed by atoms with E-state index in [-0.39, 0.29) is 18.0 Å². The molecule has 0 fully saturated rings. The topological polar surface area (TPSA) is 71.2 Å². The first-order valence-corrected chi connectivity index (χ1v) is 7.53. The van der Waals surface area contributed by atoms with Crippen molar-refractivity contribution in [2.45, 2.75) is 27.3 Å². The van der Waals surface area contributed by atoms with Crippen molar-refractivity contribution >= 4 is 17.5 Å². The maximum Gasteiger partial charge on any atom is 0.253 e. The largest absolute Gasteiger partial charge is 0.496 e. The van der Waals surface area contributed by atoms with Crippen LogP contribution in [-0.4, -0.2) is 18.0 Å². The Kier molecular flexibility index (Phi) is 5.11. The lowest BCUT2D eigenvalue weighted by molar-refractivity contribution is 0.0949. The van der Waals surface area contributed by atoms with Crippen molar-refractivity contribution in [3.63, 3.8) is 0 Å². The molecule has 0 bridgehead atoms. The van der Waals surface area contributed by atoms with Crippen LogP contribution in [0.1, 0.15) is 32.7 Å². The Morgan fingerprint density at radius 2 is 1.96 bits per heavy atom. The summed E-state index contributed by atoms with van der Waals surface area (Å²) < 4.78 is 5.21. The van der Waals surface area contributed by atoms with E-state index >= 15 is 0 Å². The van der Waals surface area contributed by atoms with Crippen LogP contribution in [0.4, 0.5) is 0 Å². The molecule has 5 nitrogen and oxygen atoms in total. The molecule has 23 heavy (non-hydrogen) atoms. The van der Waals surface area contributed by atoms with Crippen LogP contribution < -0.4 is 15.6 Å². The summed E-state index contributed by atoms with van der Waals surface area (Å²) in [5.74, 6) is 0.245. The highest BCUT2D eigenvalue weighted by Crippen LogP contribution is 2.26. The Morgan fingerprint density at radius 3 is 2.57 bits per heavy atom. The monoisotopic (exact) mass is 334 g/mol. The minimum atomic E-state index is -0.303. The number of pyridine rings is 1. The summed E-state index contributed by atoms with van der Waals surface area (Å²) in [5.41, 5.74) is 3.10. The van der Waals surface area contributed by atoms with Gasteiger partial charge in [0, 0.05) is 34.0 Å². The molecule has 2 N–H and O–H groups in total. The van der Waals surface area contributed by atoms with E-state index < -0.39 is 0 Å². The molecular weight excluding hydrogens is 316 g/mol. The molecule has 0 aliphatic heterocycles. The van der Waals surface area contributed by atoms with Gasteiger partial charge in [-0.1, -0.05) is 11.6 Å². The zero-order valence-electron chi connectivity index (χ0n) is 13.5. The van der Waals surface area contributed by atoms with Gasteiger partial charge in [0.25, 0.3) is 11.5 Å². The van der Waals surface area contributed by atoms with Crippen molar-refractivity contribution in [1.29, 1.82) is 0 Å². The molecule has 0 aliphatic rings. The molecule has 122 valence electrons. The Hall–Kier alpha value is -2.27. The van der Waals surface area contributed by atoms with E-state index in [0.29, 0.717) is 27.5 Å². The van der Waals surface area contributed by atoms with Gasteiger partial charge in [0.1, 0.15) is 5.75 Å². The van der Waals surface area contributed by atoms with Crippen molar-refractivity contribution in [2.24, 2.45) is 0 Å². The van der Waals surface area contributed by atoms with Gasteiger partial charge < -0.3 is 15.0 Å². The average molecular weight is 335 g/mol. The van der Waals surface area contributed by atoms with E-state index in [2.05, 4.69) is 10.3 Å². The van der Waals surface area contributed by atoms with Crippen LogP contribution in [0.3, 0.4) is 0 Å². The number of hydrogen-bond donors (Lipinski definition) is 2. The van der Waals surface area contributed by atoms with Crippen LogP contribution in [-0.2, 0) is 6.54 Å². The number of hydrogen-bond acceptors (Lipinski definition) is 3. The molecule has 0 radical (unpaired) electrons. The molecule has 1 aromatic carbocycles. The molecule has 0 aliphatic carbocycles.